The van der Waals surface area contributed by atoms with Crippen LogP contribution in [0.4, 0.5) is 24.5 Å². The minimum atomic E-state index is -4.81. The molecule has 0 bridgehead atoms. The lowest BCUT2D eigenvalue weighted by Crippen LogP contribution is -2.52. The topological polar surface area (TPSA) is 110 Å². The van der Waals surface area contributed by atoms with Crippen LogP contribution in [0.2, 0.25) is 5.02 Å². The first-order valence-corrected chi connectivity index (χ1v) is 10.5. The number of aryl methyl sites for hydroxylation is 1. The van der Waals surface area contributed by atoms with Crippen LogP contribution in [0.15, 0.2) is 53.1 Å². The minimum Gasteiger partial charge on any atom is -0.353 e. The maximum Gasteiger partial charge on any atom is 0.404 e. The Morgan fingerprint density at radius 2 is 1.85 bits per heavy atom. The second kappa shape index (κ2) is 7.54. The number of carbonyl (C=O) groups is 1. The Balaban J connectivity index is 1.85. The van der Waals surface area contributed by atoms with E-state index in [0.717, 1.165) is 0 Å². The molecule has 0 radical (unpaired) electrons. The van der Waals surface area contributed by atoms with Gasteiger partial charge in [-0.1, -0.05) is 47.1 Å². The summed E-state index contributed by atoms with van der Waals surface area (Å²) in [5.74, 6) is -4.10. The van der Waals surface area contributed by atoms with E-state index in [1.165, 1.54) is 37.3 Å². The van der Waals surface area contributed by atoms with E-state index < -0.39 is 51.9 Å². The Bertz CT molecular complexity index is 1310. The first-order chi connectivity index (χ1) is 16.1. The van der Waals surface area contributed by atoms with Gasteiger partial charge in [-0.25, -0.2) is 0 Å². The normalized spacial score (nSPS) is 26.0. The van der Waals surface area contributed by atoms with E-state index in [2.05, 4.69) is 15.8 Å². The number of para-hydroxylation sites is 1. The lowest BCUT2D eigenvalue weighted by molar-refractivity contribution is -0.386. The number of benzene rings is 2. The predicted molar refractivity (Wildman–Crippen MR) is 115 cm³/mol. The quantitative estimate of drug-likeness (QED) is 0.401. The molecule has 1 saturated heterocycles. The van der Waals surface area contributed by atoms with Crippen molar-refractivity contribution in [3.05, 3.63) is 86.2 Å². The van der Waals surface area contributed by atoms with E-state index in [-0.39, 0.29) is 16.8 Å². The van der Waals surface area contributed by atoms with Crippen molar-refractivity contribution < 1.29 is 27.4 Å². The van der Waals surface area contributed by atoms with Crippen molar-refractivity contribution in [3.8, 4) is 0 Å². The molecule has 2 aliphatic rings. The number of halogens is 4. The standard InChI is InChI=1S/C22H16ClF3N4O4/c1-10-17(30(32)33)18(34-29-10)16-15(11-6-8-12(23)9-7-11)19(22(24,25)26)28-21(16)13-4-2-3-5-14(13)27-20(21)31/h2-9,15-16,19,28H,1H3,(H,27,31)/t15-,16+,19-,21-/m1/s1. The largest absolute Gasteiger partial charge is 0.404 e. The summed E-state index contributed by atoms with van der Waals surface area (Å²) in [5, 5.41) is 21.0. The molecule has 34 heavy (non-hydrogen) atoms. The third kappa shape index (κ3) is 3.11. The molecule has 5 rings (SSSR count). The van der Waals surface area contributed by atoms with Gasteiger partial charge >= 0.3 is 11.9 Å². The number of fused-ring (bicyclic) bond motifs is 2. The molecule has 3 heterocycles. The zero-order chi connectivity index (χ0) is 24.4. The zero-order valence-corrected chi connectivity index (χ0v) is 18.1. The first kappa shape index (κ1) is 22.4. The van der Waals surface area contributed by atoms with Crippen molar-refractivity contribution in [2.45, 2.75) is 36.5 Å². The number of anilines is 1. The molecule has 12 heteroatoms. The maximum absolute atomic E-state index is 14.5. The van der Waals surface area contributed by atoms with Gasteiger partial charge in [0.25, 0.3) is 0 Å². The molecule has 8 nitrogen and oxygen atoms in total. The van der Waals surface area contributed by atoms with Crippen LogP contribution < -0.4 is 10.6 Å². The third-order valence-corrected chi connectivity index (χ3v) is 6.71. The molecule has 0 unspecified atom stereocenters. The molecule has 0 aliphatic carbocycles. The Morgan fingerprint density at radius 3 is 2.50 bits per heavy atom. The van der Waals surface area contributed by atoms with Crippen LogP contribution in [-0.4, -0.2) is 28.2 Å². The fourth-order valence-electron chi connectivity index (χ4n) is 5.14. The number of alkyl halides is 3. The minimum absolute atomic E-state index is 0.104. The van der Waals surface area contributed by atoms with Crippen LogP contribution in [0, 0.1) is 17.0 Å². The van der Waals surface area contributed by atoms with E-state index in [9.17, 15) is 28.1 Å². The smallest absolute Gasteiger partial charge is 0.353 e. The van der Waals surface area contributed by atoms with Crippen molar-refractivity contribution in [1.29, 1.82) is 0 Å². The van der Waals surface area contributed by atoms with Gasteiger partial charge in [0.15, 0.2) is 5.69 Å². The van der Waals surface area contributed by atoms with Crippen LogP contribution >= 0.6 is 11.6 Å². The van der Waals surface area contributed by atoms with Gasteiger partial charge in [0.05, 0.1) is 10.8 Å². The summed E-state index contributed by atoms with van der Waals surface area (Å²) < 4.78 is 48.7. The highest BCUT2D eigenvalue weighted by molar-refractivity contribution is 6.30. The van der Waals surface area contributed by atoms with Crippen LogP contribution in [0.5, 0.6) is 0 Å². The molecule has 2 aromatic carbocycles. The van der Waals surface area contributed by atoms with E-state index in [0.29, 0.717) is 10.7 Å². The Hall–Kier alpha value is -3.44. The summed E-state index contributed by atoms with van der Waals surface area (Å²) in [6.45, 7) is 1.32. The van der Waals surface area contributed by atoms with Gasteiger partial charge in [0, 0.05) is 22.2 Å². The Morgan fingerprint density at radius 1 is 1.18 bits per heavy atom. The molecule has 4 atom stereocenters. The fraction of sp³-hybridized carbons (Fsp3) is 0.273. The molecule has 1 amide bonds. The van der Waals surface area contributed by atoms with Crippen LogP contribution in [0.3, 0.4) is 0 Å². The highest BCUT2D eigenvalue weighted by Crippen LogP contribution is 2.60. The molecule has 1 spiro atoms. The van der Waals surface area contributed by atoms with Crippen molar-refractivity contribution in [2.75, 3.05) is 5.32 Å². The van der Waals surface area contributed by atoms with Gasteiger partial charge in [0.1, 0.15) is 11.6 Å². The second-order valence-corrected chi connectivity index (χ2v) is 8.70. The number of nitro groups is 1. The van der Waals surface area contributed by atoms with Crippen molar-refractivity contribution in [2.24, 2.45) is 0 Å². The van der Waals surface area contributed by atoms with E-state index in [4.69, 9.17) is 16.1 Å². The summed E-state index contributed by atoms with van der Waals surface area (Å²) in [7, 11) is 0. The third-order valence-electron chi connectivity index (χ3n) is 6.46. The number of rotatable bonds is 3. The molecular formula is C22H16ClF3N4O4. The maximum atomic E-state index is 14.5. The summed E-state index contributed by atoms with van der Waals surface area (Å²) in [6, 6.07) is 9.71. The molecule has 0 saturated carbocycles. The van der Waals surface area contributed by atoms with Gasteiger partial charge in [0.2, 0.25) is 11.7 Å². The average Bonchev–Trinajstić information content (AvgIpc) is 3.41. The number of aromatic nitrogens is 1. The molecule has 2 N–H and O–H groups in total. The highest BCUT2D eigenvalue weighted by Gasteiger charge is 2.69. The molecule has 3 aromatic rings. The summed E-state index contributed by atoms with van der Waals surface area (Å²) in [4.78, 5) is 24.6. The second-order valence-electron chi connectivity index (χ2n) is 8.26. The Labute approximate surface area is 195 Å². The molecule has 176 valence electrons. The zero-order valence-electron chi connectivity index (χ0n) is 17.4. The van der Waals surface area contributed by atoms with Crippen LogP contribution in [0.1, 0.15) is 34.4 Å². The highest BCUT2D eigenvalue weighted by atomic mass is 35.5. The average molecular weight is 493 g/mol. The number of carbonyl (C=O) groups excluding carboxylic acids is 1. The lowest BCUT2D eigenvalue weighted by atomic mass is 9.71. The van der Waals surface area contributed by atoms with Crippen molar-refractivity contribution in [1.82, 2.24) is 10.5 Å². The van der Waals surface area contributed by atoms with Gasteiger partial charge in [-0.15, -0.1) is 0 Å². The predicted octanol–water partition coefficient (Wildman–Crippen LogP) is 4.79. The number of hydrogen-bond acceptors (Lipinski definition) is 6. The summed E-state index contributed by atoms with van der Waals surface area (Å²) in [5.41, 5.74) is -1.95. The van der Waals surface area contributed by atoms with E-state index >= 15 is 0 Å². The van der Waals surface area contributed by atoms with Crippen LogP contribution in [0.25, 0.3) is 0 Å². The first-order valence-electron chi connectivity index (χ1n) is 10.2. The number of amides is 1. The van der Waals surface area contributed by atoms with E-state index in [1.54, 1.807) is 18.2 Å². The van der Waals surface area contributed by atoms with Crippen molar-refractivity contribution in [3.63, 3.8) is 0 Å². The fourth-order valence-corrected chi connectivity index (χ4v) is 5.27. The monoisotopic (exact) mass is 492 g/mol. The molecule has 1 aromatic heterocycles. The SMILES string of the molecule is Cc1noc([C@@H]2[C@@H](c3ccc(Cl)cc3)[C@H](C(F)(F)F)N[C@@]23C(=O)Nc2ccccc23)c1[N+](=O)[O-]. The lowest BCUT2D eigenvalue weighted by Gasteiger charge is -2.29. The number of hydrogen-bond donors (Lipinski definition) is 2. The number of nitrogens with one attached hydrogen (secondary N) is 2. The molecule has 1 fully saturated rings. The van der Waals surface area contributed by atoms with Gasteiger partial charge in [-0.05, 0) is 30.7 Å². The van der Waals surface area contributed by atoms with E-state index in [1.807, 2.05) is 0 Å². The molecule has 2 aliphatic heterocycles. The van der Waals surface area contributed by atoms with Gasteiger partial charge in [-0.3, -0.25) is 20.2 Å². The van der Waals surface area contributed by atoms with Crippen LogP contribution in [-0.2, 0) is 10.3 Å². The Kier molecular flexibility index (Phi) is 4.96. The summed E-state index contributed by atoms with van der Waals surface area (Å²) >= 11 is 5.96. The van der Waals surface area contributed by atoms with Gasteiger partial charge < -0.3 is 9.84 Å². The molecular weight excluding hydrogens is 477 g/mol. The van der Waals surface area contributed by atoms with Gasteiger partial charge in [-0.2, -0.15) is 13.2 Å². The number of nitrogens with zero attached hydrogens (tertiary/aromatic N) is 2. The van der Waals surface area contributed by atoms with Crippen molar-refractivity contribution >= 4 is 28.9 Å². The summed E-state index contributed by atoms with van der Waals surface area (Å²) in [6.07, 6.45) is -4.81.